The van der Waals surface area contributed by atoms with E-state index in [1.165, 1.54) is 12.8 Å². The maximum Gasteiger partial charge on any atom is 0.107 e. The van der Waals surface area contributed by atoms with Crippen molar-refractivity contribution in [1.82, 2.24) is 9.55 Å². The average molecular weight is 293 g/mol. The van der Waals surface area contributed by atoms with Crippen molar-refractivity contribution in [1.29, 1.82) is 0 Å². The van der Waals surface area contributed by atoms with Gasteiger partial charge in [0.25, 0.3) is 0 Å². The van der Waals surface area contributed by atoms with Gasteiger partial charge in [0.15, 0.2) is 0 Å². The van der Waals surface area contributed by atoms with Gasteiger partial charge in [-0.2, -0.15) is 0 Å². The van der Waals surface area contributed by atoms with Gasteiger partial charge >= 0.3 is 0 Å². The summed E-state index contributed by atoms with van der Waals surface area (Å²) in [6, 6.07) is 6.24. The Morgan fingerprint density at radius 3 is 2.95 bits per heavy atom. The molecule has 22 heavy (non-hydrogen) atoms. The topological polar surface area (TPSA) is 39.4 Å². The van der Waals surface area contributed by atoms with E-state index in [1.807, 2.05) is 10.8 Å². The molecule has 1 aliphatic rings. The first-order chi connectivity index (χ1) is 10.8. The Kier molecular flexibility index (Phi) is 4.24. The third-order valence-electron chi connectivity index (χ3n) is 3.63. The van der Waals surface area contributed by atoms with E-state index in [1.54, 1.807) is 19.6 Å². The molecule has 0 aliphatic heterocycles. The van der Waals surface area contributed by atoms with Gasteiger partial charge in [0.05, 0.1) is 12.9 Å². The third-order valence-corrected chi connectivity index (χ3v) is 3.63. The summed E-state index contributed by atoms with van der Waals surface area (Å²) < 4.78 is 1.97. The van der Waals surface area contributed by atoms with Crippen molar-refractivity contribution in [2.24, 2.45) is 11.1 Å². The van der Waals surface area contributed by atoms with Crippen LogP contribution < -0.4 is 0 Å². The Balaban J connectivity index is 1.84. The predicted octanol–water partition coefficient (Wildman–Crippen LogP) is 3.00. The van der Waals surface area contributed by atoms with Gasteiger partial charge in [-0.05, 0) is 37.5 Å². The van der Waals surface area contributed by atoms with Crippen molar-refractivity contribution in [2.75, 3.05) is 7.11 Å². The predicted molar refractivity (Wildman–Crippen MR) is 86.6 cm³/mol. The number of benzene rings is 1. The molecule has 3 rings (SSSR count). The maximum atomic E-state index is 5.01. The minimum atomic E-state index is 0.617. The van der Waals surface area contributed by atoms with Crippen molar-refractivity contribution >= 4 is 5.71 Å². The normalized spacial score (nSPS) is 14.4. The molecule has 1 saturated carbocycles. The summed E-state index contributed by atoms with van der Waals surface area (Å²) in [5.41, 5.74) is 4.17. The molecule has 1 fully saturated rings. The molecular weight excluding hydrogens is 274 g/mol. The van der Waals surface area contributed by atoms with Gasteiger partial charge in [0, 0.05) is 29.4 Å². The van der Waals surface area contributed by atoms with Crippen molar-refractivity contribution in [3.63, 3.8) is 0 Å². The Morgan fingerprint density at radius 2 is 2.32 bits per heavy atom. The van der Waals surface area contributed by atoms with Gasteiger partial charge in [-0.1, -0.05) is 23.1 Å². The van der Waals surface area contributed by atoms with Crippen LogP contribution in [0.5, 0.6) is 0 Å². The molecule has 0 saturated heterocycles. The second-order valence-electron chi connectivity index (χ2n) is 5.53. The zero-order valence-corrected chi connectivity index (χ0v) is 12.9. The number of nitrogens with zero attached hydrogens (tertiary/aromatic N) is 3. The number of hydrogen-bond acceptors (Lipinski definition) is 3. The Bertz CT molecular complexity index is 731. The highest BCUT2D eigenvalue weighted by Gasteiger charge is 2.17. The molecule has 0 atom stereocenters. The van der Waals surface area contributed by atoms with Crippen molar-refractivity contribution in [3.8, 4) is 11.8 Å². The Morgan fingerprint density at radius 1 is 1.45 bits per heavy atom. The number of rotatable bonds is 4. The quantitative estimate of drug-likeness (QED) is 0.494. The summed E-state index contributed by atoms with van der Waals surface area (Å²) in [6.07, 6.45) is 7.94. The molecule has 4 nitrogen and oxygen atoms in total. The molecule has 0 radical (unpaired) electrons. The van der Waals surface area contributed by atoms with E-state index in [9.17, 15) is 0 Å². The molecule has 1 heterocycles. The SMILES string of the molecule is CO/N=C(\Cn1ccnc1)c1ccc(C#CC2CC2)cc1C. The first kappa shape index (κ1) is 14.4. The fourth-order valence-electron chi connectivity index (χ4n) is 2.30. The molecule has 1 aliphatic carbocycles. The summed E-state index contributed by atoms with van der Waals surface area (Å²) in [5.74, 6) is 7.17. The summed E-state index contributed by atoms with van der Waals surface area (Å²) in [5, 5.41) is 4.18. The van der Waals surface area contributed by atoms with E-state index < -0.39 is 0 Å². The molecule has 0 unspecified atom stereocenters. The van der Waals surface area contributed by atoms with E-state index in [4.69, 9.17) is 4.84 Å². The lowest BCUT2D eigenvalue weighted by Gasteiger charge is -2.10. The number of imidazole rings is 1. The zero-order valence-electron chi connectivity index (χ0n) is 12.9. The number of aryl methyl sites for hydroxylation is 1. The summed E-state index contributed by atoms with van der Waals surface area (Å²) in [7, 11) is 1.57. The van der Waals surface area contributed by atoms with Gasteiger partial charge in [0.2, 0.25) is 0 Å². The highest BCUT2D eigenvalue weighted by molar-refractivity contribution is 6.01. The van der Waals surface area contributed by atoms with E-state index in [2.05, 4.69) is 47.1 Å². The van der Waals surface area contributed by atoms with Crippen molar-refractivity contribution in [2.45, 2.75) is 26.3 Å². The van der Waals surface area contributed by atoms with Crippen LogP contribution in [0.25, 0.3) is 0 Å². The van der Waals surface area contributed by atoms with Crippen molar-refractivity contribution in [3.05, 3.63) is 53.6 Å². The second kappa shape index (κ2) is 6.48. The highest BCUT2D eigenvalue weighted by atomic mass is 16.6. The Hall–Kier alpha value is -2.54. The lowest BCUT2D eigenvalue weighted by molar-refractivity contribution is 0.212. The van der Waals surface area contributed by atoms with Crippen LogP contribution in [0.2, 0.25) is 0 Å². The van der Waals surface area contributed by atoms with Crippen LogP contribution in [-0.2, 0) is 11.4 Å². The minimum absolute atomic E-state index is 0.617. The van der Waals surface area contributed by atoms with Crippen LogP contribution in [0.15, 0.2) is 42.1 Å². The summed E-state index contributed by atoms with van der Waals surface area (Å²) in [6.45, 7) is 2.71. The van der Waals surface area contributed by atoms with Gasteiger partial charge in [-0.25, -0.2) is 4.98 Å². The molecule has 0 spiro atoms. The number of hydrogen-bond donors (Lipinski definition) is 0. The molecular formula is C18H19N3O. The van der Waals surface area contributed by atoms with E-state index in [-0.39, 0.29) is 0 Å². The van der Waals surface area contributed by atoms with Crippen LogP contribution in [0.3, 0.4) is 0 Å². The van der Waals surface area contributed by atoms with E-state index in [0.717, 1.165) is 22.4 Å². The van der Waals surface area contributed by atoms with Crippen LogP contribution >= 0.6 is 0 Å². The fourth-order valence-corrected chi connectivity index (χ4v) is 2.30. The highest BCUT2D eigenvalue weighted by Crippen LogP contribution is 2.27. The van der Waals surface area contributed by atoms with Crippen LogP contribution in [0, 0.1) is 24.7 Å². The zero-order chi connectivity index (χ0) is 15.4. The second-order valence-corrected chi connectivity index (χ2v) is 5.53. The standard InChI is InChI=1S/C18H19N3O/c1-14-11-16(6-5-15-3-4-15)7-8-17(14)18(20-22-2)12-21-10-9-19-13-21/h7-11,13,15H,3-4,12H2,1-2H3/b20-18+. The van der Waals surface area contributed by atoms with Crippen LogP contribution in [0.1, 0.15) is 29.5 Å². The first-order valence-corrected chi connectivity index (χ1v) is 7.44. The molecule has 0 N–H and O–H groups in total. The minimum Gasteiger partial charge on any atom is -0.399 e. The molecule has 1 aromatic carbocycles. The van der Waals surface area contributed by atoms with Crippen molar-refractivity contribution < 1.29 is 4.84 Å². The van der Waals surface area contributed by atoms with E-state index >= 15 is 0 Å². The monoisotopic (exact) mass is 293 g/mol. The van der Waals surface area contributed by atoms with Gasteiger partial charge in [-0.3, -0.25) is 0 Å². The third kappa shape index (κ3) is 3.56. The maximum absolute atomic E-state index is 5.01. The molecule has 4 heteroatoms. The summed E-state index contributed by atoms with van der Waals surface area (Å²) in [4.78, 5) is 9.07. The molecule has 0 amide bonds. The number of oxime groups is 1. The molecule has 2 aromatic rings. The Labute approximate surface area is 130 Å². The average Bonchev–Trinajstić information content (AvgIpc) is 3.20. The first-order valence-electron chi connectivity index (χ1n) is 7.44. The smallest absolute Gasteiger partial charge is 0.107 e. The van der Waals surface area contributed by atoms with Gasteiger partial charge < -0.3 is 9.40 Å². The fraction of sp³-hybridized carbons (Fsp3) is 0.333. The van der Waals surface area contributed by atoms with E-state index in [0.29, 0.717) is 12.5 Å². The van der Waals surface area contributed by atoms with Crippen LogP contribution in [0.4, 0.5) is 0 Å². The number of aromatic nitrogens is 2. The summed E-state index contributed by atoms with van der Waals surface area (Å²) >= 11 is 0. The molecule has 112 valence electrons. The molecule has 0 bridgehead atoms. The lowest BCUT2D eigenvalue weighted by atomic mass is 10.0. The lowest BCUT2D eigenvalue weighted by Crippen LogP contribution is -2.12. The van der Waals surface area contributed by atoms with Gasteiger partial charge in [0.1, 0.15) is 12.8 Å². The largest absolute Gasteiger partial charge is 0.399 e. The van der Waals surface area contributed by atoms with Gasteiger partial charge in [-0.15, -0.1) is 0 Å². The van der Waals surface area contributed by atoms with Crippen LogP contribution in [-0.4, -0.2) is 22.4 Å². The molecule has 1 aromatic heterocycles.